The minimum absolute atomic E-state index is 0.779. The van der Waals surface area contributed by atoms with Crippen LogP contribution in [0.15, 0.2) is 45.9 Å². The topological polar surface area (TPSA) is 37.8 Å². The standard InChI is InChI=1S/C13H14BrN3S/c1-2-15-12-7-8-16-13(17-12)9-18-11-5-3-10(14)4-6-11/h3-8H,2,9H2,1H3,(H,15,16,17). The van der Waals surface area contributed by atoms with Gasteiger partial charge in [-0.2, -0.15) is 0 Å². The third-order valence-electron chi connectivity index (χ3n) is 2.24. The van der Waals surface area contributed by atoms with Crippen LogP contribution in [0.2, 0.25) is 0 Å². The van der Waals surface area contributed by atoms with Crippen molar-refractivity contribution in [3.05, 3.63) is 46.8 Å². The zero-order valence-electron chi connectivity index (χ0n) is 10.1. The summed E-state index contributed by atoms with van der Waals surface area (Å²) in [6.45, 7) is 2.93. The molecule has 0 unspecified atom stereocenters. The molecule has 1 N–H and O–H groups in total. The van der Waals surface area contributed by atoms with E-state index in [1.54, 1.807) is 18.0 Å². The molecule has 18 heavy (non-hydrogen) atoms. The van der Waals surface area contributed by atoms with Gasteiger partial charge in [0.2, 0.25) is 0 Å². The van der Waals surface area contributed by atoms with Crippen LogP contribution < -0.4 is 5.32 Å². The van der Waals surface area contributed by atoms with E-state index in [9.17, 15) is 0 Å². The van der Waals surface area contributed by atoms with E-state index in [1.165, 1.54) is 4.90 Å². The van der Waals surface area contributed by atoms with Gasteiger partial charge in [0.25, 0.3) is 0 Å². The number of hydrogen-bond donors (Lipinski definition) is 1. The van der Waals surface area contributed by atoms with Gasteiger partial charge in [-0.1, -0.05) is 15.9 Å². The number of nitrogens with one attached hydrogen (secondary N) is 1. The first-order chi connectivity index (χ1) is 8.78. The number of halogens is 1. The van der Waals surface area contributed by atoms with Crippen molar-refractivity contribution in [2.45, 2.75) is 17.6 Å². The summed E-state index contributed by atoms with van der Waals surface area (Å²) >= 11 is 5.16. The van der Waals surface area contributed by atoms with Crippen LogP contribution in [0.5, 0.6) is 0 Å². The molecule has 1 aromatic heterocycles. The van der Waals surface area contributed by atoms with Gasteiger partial charge >= 0.3 is 0 Å². The first-order valence-corrected chi connectivity index (χ1v) is 7.50. The third-order valence-corrected chi connectivity index (χ3v) is 3.78. The lowest BCUT2D eigenvalue weighted by Gasteiger charge is -2.04. The Bertz CT molecular complexity index is 502. The molecular weight excluding hydrogens is 310 g/mol. The minimum atomic E-state index is 0.779. The number of anilines is 1. The van der Waals surface area contributed by atoms with Gasteiger partial charge in [0.1, 0.15) is 11.6 Å². The second kappa shape index (κ2) is 6.75. The van der Waals surface area contributed by atoms with Crippen LogP contribution in [-0.2, 0) is 5.75 Å². The van der Waals surface area contributed by atoms with E-state index < -0.39 is 0 Å². The number of hydrogen-bond acceptors (Lipinski definition) is 4. The molecular formula is C13H14BrN3S. The van der Waals surface area contributed by atoms with Crippen LogP contribution >= 0.6 is 27.7 Å². The van der Waals surface area contributed by atoms with E-state index in [0.29, 0.717) is 0 Å². The Balaban J connectivity index is 1.97. The molecule has 0 saturated carbocycles. The SMILES string of the molecule is CCNc1ccnc(CSc2ccc(Br)cc2)n1. The largest absolute Gasteiger partial charge is 0.370 e. The van der Waals surface area contributed by atoms with Gasteiger partial charge in [-0.25, -0.2) is 9.97 Å². The molecule has 3 nitrogen and oxygen atoms in total. The van der Waals surface area contributed by atoms with Crippen LogP contribution in [0.4, 0.5) is 5.82 Å². The highest BCUT2D eigenvalue weighted by molar-refractivity contribution is 9.10. The fraction of sp³-hybridized carbons (Fsp3) is 0.231. The van der Waals surface area contributed by atoms with Crippen molar-refractivity contribution in [2.24, 2.45) is 0 Å². The Labute approximate surface area is 120 Å². The third kappa shape index (κ3) is 3.99. The normalized spacial score (nSPS) is 10.3. The molecule has 0 bridgehead atoms. The Morgan fingerprint density at radius 3 is 2.72 bits per heavy atom. The maximum Gasteiger partial charge on any atom is 0.140 e. The molecule has 2 aromatic rings. The monoisotopic (exact) mass is 323 g/mol. The number of thioether (sulfide) groups is 1. The molecule has 2 rings (SSSR count). The summed E-state index contributed by atoms with van der Waals surface area (Å²) in [5.74, 6) is 2.52. The Morgan fingerprint density at radius 1 is 1.22 bits per heavy atom. The Kier molecular flexibility index (Phi) is 5.01. The van der Waals surface area contributed by atoms with E-state index in [2.05, 4.69) is 50.3 Å². The number of aromatic nitrogens is 2. The molecule has 0 aliphatic heterocycles. The predicted octanol–water partition coefficient (Wildman–Crippen LogP) is 3.96. The lowest BCUT2D eigenvalue weighted by atomic mass is 10.4. The van der Waals surface area contributed by atoms with Crippen molar-refractivity contribution in [2.75, 3.05) is 11.9 Å². The summed E-state index contributed by atoms with van der Waals surface area (Å²) in [7, 11) is 0. The maximum absolute atomic E-state index is 4.44. The minimum Gasteiger partial charge on any atom is -0.370 e. The van der Waals surface area contributed by atoms with Crippen LogP contribution in [0, 0.1) is 0 Å². The molecule has 0 atom stereocenters. The highest BCUT2D eigenvalue weighted by Crippen LogP contribution is 2.23. The lowest BCUT2D eigenvalue weighted by molar-refractivity contribution is 1.02. The number of nitrogens with zero attached hydrogens (tertiary/aromatic N) is 2. The molecule has 0 amide bonds. The quantitative estimate of drug-likeness (QED) is 0.845. The van der Waals surface area contributed by atoms with Crippen molar-refractivity contribution in [1.29, 1.82) is 0 Å². The lowest BCUT2D eigenvalue weighted by Crippen LogP contribution is -2.02. The van der Waals surface area contributed by atoms with Crippen LogP contribution in [-0.4, -0.2) is 16.5 Å². The van der Waals surface area contributed by atoms with Crippen LogP contribution in [0.3, 0.4) is 0 Å². The molecule has 0 aliphatic carbocycles. The van der Waals surface area contributed by atoms with Gasteiger partial charge in [-0.15, -0.1) is 11.8 Å². The fourth-order valence-corrected chi connectivity index (χ4v) is 2.45. The fourth-order valence-electron chi connectivity index (χ4n) is 1.43. The average molecular weight is 324 g/mol. The van der Waals surface area contributed by atoms with Gasteiger partial charge < -0.3 is 5.32 Å². The van der Waals surface area contributed by atoms with E-state index in [-0.39, 0.29) is 0 Å². The van der Waals surface area contributed by atoms with E-state index >= 15 is 0 Å². The molecule has 0 spiro atoms. The summed E-state index contributed by atoms with van der Waals surface area (Å²) in [5, 5.41) is 3.19. The van der Waals surface area contributed by atoms with E-state index in [0.717, 1.165) is 28.4 Å². The Hall–Kier alpha value is -1.07. The zero-order chi connectivity index (χ0) is 12.8. The van der Waals surface area contributed by atoms with Gasteiger partial charge in [0, 0.05) is 22.1 Å². The first-order valence-electron chi connectivity index (χ1n) is 5.72. The number of benzene rings is 1. The molecule has 0 radical (unpaired) electrons. The smallest absolute Gasteiger partial charge is 0.140 e. The van der Waals surface area contributed by atoms with E-state index in [4.69, 9.17) is 0 Å². The number of rotatable bonds is 5. The van der Waals surface area contributed by atoms with E-state index in [1.807, 2.05) is 18.2 Å². The Morgan fingerprint density at radius 2 is 2.00 bits per heavy atom. The summed E-state index contributed by atoms with van der Waals surface area (Å²) in [5.41, 5.74) is 0. The molecule has 94 valence electrons. The molecule has 0 aliphatic rings. The highest BCUT2D eigenvalue weighted by atomic mass is 79.9. The van der Waals surface area contributed by atoms with Crippen molar-refractivity contribution in [3.8, 4) is 0 Å². The maximum atomic E-state index is 4.44. The second-order valence-corrected chi connectivity index (χ2v) is 5.60. The van der Waals surface area contributed by atoms with Crippen molar-refractivity contribution in [3.63, 3.8) is 0 Å². The van der Waals surface area contributed by atoms with Crippen molar-refractivity contribution >= 4 is 33.5 Å². The summed E-state index contributed by atoms with van der Waals surface area (Å²) in [6.07, 6.45) is 1.79. The molecule has 0 fully saturated rings. The van der Waals surface area contributed by atoms with Gasteiger partial charge in [-0.05, 0) is 37.3 Å². The van der Waals surface area contributed by atoms with Crippen LogP contribution in [0.25, 0.3) is 0 Å². The zero-order valence-corrected chi connectivity index (χ0v) is 12.5. The van der Waals surface area contributed by atoms with Gasteiger partial charge in [0.05, 0.1) is 5.75 Å². The summed E-state index contributed by atoms with van der Waals surface area (Å²) < 4.78 is 1.09. The molecule has 5 heteroatoms. The molecule has 1 heterocycles. The summed E-state index contributed by atoms with van der Waals surface area (Å²) in [6, 6.07) is 10.1. The van der Waals surface area contributed by atoms with Gasteiger partial charge in [-0.3, -0.25) is 0 Å². The summed E-state index contributed by atoms with van der Waals surface area (Å²) in [4.78, 5) is 9.93. The average Bonchev–Trinajstić information content (AvgIpc) is 2.39. The van der Waals surface area contributed by atoms with Crippen molar-refractivity contribution in [1.82, 2.24) is 9.97 Å². The second-order valence-electron chi connectivity index (χ2n) is 3.63. The van der Waals surface area contributed by atoms with Gasteiger partial charge in [0.15, 0.2) is 0 Å². The predicted molar refractivity (Wildman–Crippen MR) is 79.9 cm³/mol. The molecule has 0 saturated heterocycles. The van der Waals surface area contributed by atoms with Crippen LogP contribution in [0.1, 0.15) is 12.7 Å². The van der Waals surface area contributed by atoms with Crippen molar-refractivity contribution < 1.29 is 0 Å². The highest BCUT2D eigenvalue weighted by Gasteiger charge is 2.00. The first kappa shape index (κ1) is 13.4. The molecule has 1 aromatic carbocycles.